The van der Waals surface area contributed by atoms with E-state index in [1.807, 2.05) is 49.4 Å². The topological polar surface area (TPSA) is 168 Å². The Labute approximate surface area is 296 Å². The number of carbonyl (C=O) groups excluding carboxylic acids is 4. The smallest absolute Gasteiger partial charge is 0.407 e. The molecule has 1 aliphatic carbocycles. The van der Waals surface area contributed by atoms with Gasteiger partial charge in [0.05, 0.1) is 13.0 Å². The molecular formula is C38H44N4O9. The lowest BCUT2D eigenvalue weighted by atomic mass is 9.98. The van der Waals surface area contributed by atoms with Gasteiger partial charge in [-0.15, -0.1) is 0 Å². The number of oxazole rings is 1. The number of aliphatic imine (C=N–C) groups is 1. The van der Waals surface area contributed by atoms with Crippen LogP contribution in [0.5, 0.6) is 0 Å². The van der Waals surface area contributed by atoms with Crippen LogP contribution in [0.15, 0.2) is 76.4 Å². The highest BCUT2D eigenvalue weighted by molar-refractivity contribution is 5.93. The summed E-state index contributed by atoms with van der Waals surface area (Å²) in [5.41, 5.74) is 3.99. The van der Waals surface area contributed by atoms with Gasteiger partial charge in [-0.05, 0) is 47.6 Å². The number of aromatic nitrogens is 1. The van der Waals surface area contributed by atoms with Gasteiger partial charge in [0.2, 0.25) is 17.7 Å². The second kappa shape index (κ2) is 17.0. The fraction of sp³-hybridized carbons (Fsp3) is 0.421. The number of nitrogens with zero attached hydrogens (tertiary/aromatic N) is 2. The van der Waals surface area contributed by atoms with Gasteiger partial charge in [0.1, 0.15) is 43.8 Å². The fourth-order valence-electron chi connectivity index (χ4n) is 5.92. The SMILES string of the molecule is CCC/C=C/C(CC(=O)NCc1nc(C2=N[C@](C)(COC=O)CO2)co1)OC(=O)C(NC(=O)OCC1c2ccccc2-c2ccccc21)C(C)C. The minimum Gasteiger partial charge on any atom is -0.474 e. The summed E-state index contributed by atoms with van der Waals surface area (Å²) in [6.45, 7) is 8.06. The minimum absolute atomic E-state index is 0.0328. The van der Waals surface area contributed by atoms with Crippen molar-refractivity contribution in [2.45, 2.75) is 77.1 Å². The predicted molar refractivity (Wildman–Crippen MR) is 187 cm³/mol. The molecule has 0 radical (unpaired) electrons. The molecule has 2 heterocycles. The van der Waals surface area contributed by atoms with Gasteiger partial charge in [0, 0.05) is 5.92 Å². The molecule has 2 aliphatic rings. The van der Waals surface area contributed by atoms with E-state index in [0.29, 0.717) is 12.2 Å². The summed E-state index contributed by atoms with van der Waals surface area (Å²) in [7, 11) is 0. The highest BCUT2D eigenvalue weighted by atomic mass is 16.6. The summed E-state index contributed by atoms with van der Waals surface area (Å²) in [6.07, 6.45) is 4.70. The number of benzene rings is 2. The number of ether oxygens (including phenoxy) is 4. The van der Waals surface area contributed by atoms with Gasteiger partial charge < -0.3 is 34.0 Å². The van der Waals surface area contributed by atoms with E-state index in [4.69, 9.17) is 23.4 Å². The molecule has 1 aliphatic heterocycles. The summed E-state index contributed by atoms with van der Waals surface area (Å²) >= 11 is 0. The van der Waals surface area contributed by atoms with Crippen molar-refractivity contribution in [3.63, 3.8) is 0 Å². The Kier molecular flexibility index (Phi) is 12.2. The summed E-state index contributed by atoms with van der Waals surface area (Å²) in [6, 6.07) is 15.1. The summed E-state index contributed by atoms with van der Waals surface area (Å²) in [5.74, 6) is -1.09. The molecular weight excluding hydrogens is 656 g/mol. The van der Waals surface area contributed by atoms with E-state index >= 15 is 0 Å². The number of unbranched alkanes of at least 4 members (excludes halogenated alkanes) is 1. The van der Waals surface area contributed by atoms with Crippen LogP contribution in [0.25, 0.3) is 11.1 Å². The molecule has 0 spiro atoms. The number of hydrogen-bond acceptors (Lipinski definition) is 11. The largest absolute Gasteiger partial charge is 0.474 e. The molecule has 51 heavy (non-hydrogen) atoms. The molecule has 2 N–H and O–H groups in total. The number of allylic oxidation sites excluding steroid dienone is 1. The highest BCUT2D eigenvalue weighted by Crippen LogP contribution is 2.44. The molecule has 0 bridgehead atoms. The van der Waals surface area contributed by atoms with E-state index in [1.165, 1.54) is 6.26 Å². The van der Waals surface area contributed by atoms with Crippen molar-refractivity contribution in [1.82, 2.24) is 15.6 Å². The number of amides is 2. The number of carbonyl (C=O) groups is 4. The first-order valence-corrected chi connectivity index (χ1v) is 17.1. The third kappa shape index (κ3) is 9.41. The highest BCUT2D eigenvalue weighted by Gasteiger charge is 2.35. The van der Waals surface area contributed by atoms with Crippen LogP contribution in [-0.4, -0.2) is 72.8 Å². The van der Waals surface area contributed by atoms with E-state index in [2.05, 4.69) is 32.7 Å². The first-order valence-electron chi connectivity index (χ1n) is 17.1. The van der Waals surface area contributed by atoms with Crippen LogP contribution >= 0.6 is 0 Å². The Bertz CT molecular complexity index is 1720. The predicted octanol–water partition coefficient (Wildman–Crippen LogP) is 5.22. The van der Waals surface area contributed by atoms with Gasteiger partial charge in [0.25, 0.3) is 6.47 Å². The van der Waals surface area contributed by atoms with Crippen molar-refractivity contribution >= 4 is 30.3 Å². The molecule has 0 saturated heterocycles. The van der Waals surface area contributed by atoms with E-state index in [0.717, 1.165) is 35.1 Å². The molecule has 0 saturated carbocycles. The van der Waals surface area contributed by atoms with Gasteiger partial charge >= 0.3 is 12.1 Å². The van der Waals surface area contributed by atoms with Crippen LogP contribution < -0.4 is 10.6 Å². The van der Waals surface area contributed by atoms with Gasteiger partial charge in [-0.1, -0.05) is 81.8 Å². The number of rotatable bonds is 17. The third-order valence-electron chi connectivity index (χ3n) is 8.56. The molecule has 0 fully saturated rings. The van der Waals surface area contributed by atoms with Gasteiger partial charge in [-0.2, -0.15) is 0 Å². The van der Waals surface area contributed by atoms with Crippen molar-refractivity contribution in [3.8, 4) is 11.1 Å². The number of nitrogens with one attached hydrogen (secondary N) is 2. The lowest BCUT2D eigenvalue weighted by Crippen LogP contribution is -2.47. The minimum atomic E-state index is -1.01. The van der Waals surface area contributed by atoms with Crippen LogP contribution in [-0.2, 0) is 39.9 Å². The first kappa shape index (κ1) is 36.8. The molecule has 13 nitrogen and oxygen atoms in total. The monoisotopic (exact) mass is 700 g/mol. The van der Waals surface area contributed by atoms with Crippen molar-refractivity contribution in [3.05, 3.63) is 89.7 Å². The standard InChI is InChI=1S/C38H44N4O9/c1-5-6-7-12-25(17-32(44)39-18-33-40-31(20-48-33)35-42-38(4,22-50-35)21-47-23-43)51-36(45)34(24(2)3)41-37(46)49-19-30-28-15-10-8-13-26(28)27-14-9-11-16-29(27)30/h7-16,20,23-25,30,34H,5-6,17-19,21-22H2,1-4H3,(H,39,44)(H,41,46)/b12-7+/t25?,34?,38-/m1/s1. The zero-order valence-corrected chi connectivity index (χ0v) is 29.3. The van der Waals surface area contributed by atoms with Crippen molar-refractivity contribution in [2.24, 2.45) is 10.9 Å². The Morgan fingerprint density at radius 3 is 2.45 bits per heavy atom. The third-order valence-corrected chi connectivity index (χ3v) is 8.56. The van der Waals surface area contributed by atoms with Crippen molar-refractivity contribution in [2.75, 3.05) is 19.8 Å². The zero-order chi connectivity index (χ0) is 36.4. The van der Waals surface area contributed by atoms with Crippen LogP contribution in [0.4, 0.5) is 4.79 Å². The molecule has 1 aromatic heterocycles. The van der Waals surface area contributed by atoms with Gasteiger partial charge in [-0.25, -0.2) is 19.6 Å². The second-order valence-electron chi connectivity index (χ2n) is 13.1. The Balaban J connectivity index is 1.15. The van der Waals surface area contributed by atoms with Gasteiger partial charge in [0.15, 0.2) is 5.69 Å². The Hall–Kier alpha value is -5.46. The fourth-order valence-corrected chi connectivity index (χ4v) is 5.92. The van der Waals surface area contributed by atoms with E-state index in [1.54, 1.807) is 26.8 Å². The molecule has 2 amide bonds. The summed E-state index contributed by atoms with van der Waals surface area (Å²) in [4.78, 5) is 58.7. The maximum atomic E-state index is 13.4. The van der Waals surface area contributed by atoms with Crippen molar-refractivity contribution in [1.29, 1.82) is 0 Å². The van der Waals surface area contributed by atoms with E-state index in [-0.39, 0.29) is 56.4 Å². The van der Waals surface area contributed by atoms with Crippen LogP contribution in [0.1, 0.15) is 75.6 Å². The van der Waals surface area contributed by atoms with Crippen molar-refractivity contribution < 1.29 is 42.5 Å². The number of esters is 1. The van der Waals surface area contributed by atoms with Gasteiger partial charge in [-0.3, -0.25) is 9.59 Å². The average Bonchev–Trinajstić information content (AvgIpc) is 3.84. The van der Waals surface area contributed by atoms with Crippen LogP contribution in [0.2, 0.25) is 0 Å². The number of alkyl carbamates (subject to hydrolysis) is 1. The second-order valence-corrected chi connectivity index (χ2v) is 13.1. The Morgan fingerprint density at radius 1 is 1.08 bits per heavy atom. The molecule has 2 aromatic carbocycles. The lowest BCUT2D eigenvalue weighted by Gasteiger charge is -2.23. The molecule has 13 heteroatoms. The molecule has 3 atom stereocenters. The molecule has 270 valence electrons. The summed E-state index contributed by atoms with van der Waals surface area (Å²) < 4.78 is 27.4. The molecule has 5 rings (SSSR count). The number of hydrogen-bond donors (Lipinski definition) is 2. The normalized spacial score (nSPS) is 17.5. The van der Waals surface area contributed by atoms with E-state index in [9.17, 15) is 19.2 Å². The number of fused-ring (bicyclic) bond motifs is 3. The quantitative estimate of drug-likeness (QED) is 0.0825. The van der Waals surface area contributed by atoms with Crippen LogP contribution in [0.3, 0.4) is 0 Å². The molecule has 2 unspecified atom stereocenters. The first-order chi connectivity index (χ1) is 24.6. The van der Waals surface area contributed by atoms with Crippen LogP contribution in [0, 0.1) is 5.92 Å². The Morgan fingerprint density at radius 2 is 1.78 bits per heavy atom. The summed E-state index contributed by atoms with van der Waals surface area (Å²) in [5, 5.41) is 5.41. The lowest BCUT2D eigenvalue weighted by molar-refractivity contribution is -0.151. The zero-order valence-electron chi connectivity index (χ0n) is 29.3. The maximum absolute atomic E-state index is 13.4. The van der Waals surface area contributed by atoms with E-state index < -0.39 is 35.7 Å². The molecule has 3 aromatic rings. The maximum Gasteiger partial charge on any atom is 0.407 e. The average molecular weight is 701 g/mol.